The number of hydrogen-bond donors (Lipinski definition) is 4. The highest BCUT2D eigenvalue weighted by atomic mass is 32.2. The van der Waals surface area contributed by atoms with Gasteiger partial charge in [0.05, 0.1) is 34.0 Å². The normalized spacial score (nSPS) is 17.7. The zero-order valence-corrected chi connectivity index (χ0v) is 22.5. The third kappa shape index (κ3) is 8.36. The van der Waals surface area contributed by atoms with E-state index in [2.05, 4.69) is 10.6 Å². The summed E-state index contributed by atoms with van der Waals surface area (Å²) in [6.45, 7) is -0.603. The number of benzene rings is 2. The van der Waals surface area contributed by atoms with Gasteiger partial charge >= 0.3 is 12.3 Å². The standard InChI is InChI=1S/C25H28F3N3O6S2/c1-38-17-7-9-18(10-8-17)39(36,37)14-15-4-2-3-5-20(15)30-22(32)13-29-23(33)19-12-16(25(26,27)28)6-11-21(19)31-24(34)35/h6-12,15,20,31H,2-5,13-14H2,1H3,(H,29,33)(H,30,32)(H,34,35). The summed E-state index contributed by atoms with van der Waals surface area (Å²) in [6.07, 6.45) is -1.80. The van der Waals surface area contributed by atoms with Crippen LogP contribution in [0.25, 0.3) is 0 Å². The van der Waals surface area contributed by atoms with E-state index in [1.54, 1.807) is 24.3 Å². The average Bonchev–Trinajstić information content (AvgIpc) is 2.87. The van der Waals surface area contributed by atoms with Gasteiger partial charge < -0.3 is 15.7 Å². The van der Waals surface area contributed by atoms with Crippen LogP contribution in [0.3, 0.4) is 0 Å². The molecule has 212 valence electrons. The van der Waals surface area contributed by atoms with E-state index in [1.165, 1.54) is 11.8 Å². The van der Waals surface area contributed by atoms with Gasteiger partial charge in [-0.3, -0.25) is 14.9 Å². The molecule has 1 saturated carbocycles. The van der Waals surface area contributed by atoms with Crippen LogP contribution in [0.15, 0.2) is 52.3 Å². The van der Waals surface area contributed by atoms with Crippen LogP contribution >= 0.6 is 11.8 Å². The quantitative estimate of drug-likeness (QED) is 0.319. The number of amides is 3. The van der Waals surface area contributed by atoms with Crippen molar-refractivity contribution in [2.75, 3.05) is 23.9 Å². The molecule has 0 radical (unpaired) electrons. The molecule has 2 atom stereocenters. The second-order valence-electron chi connectivity index (χ2n) is 9.05. The number of rotatable bonds is 9. The van der Waals surface area contributed by atoms with Crippen molar-refractivity contribution in [3.05, 3.63) is 53.6 Å². The second-order valence-corrected chi connectivity index (χ2v) is 12.0. The van der Waals surface area contributed by atoms with Crippen LogP contribution in [0.2, 0.25) is 0 Å². The number of anilines is 1. The number of alkyl halides is 3. The summed E-state index contributed by atoms with van der Waals surface area (Å²) in [5, 5.41) is 15.7. The molecule has 3 rings (SSSR count). The van der Waals surface area contributed by atoms with Gasteiger partial charge in [-0.15, -0.1) is 11.8 Å². The number of nitrogens with one attached hydrogen (secondary N) is 3. The van der Waals surface area contributed by atoms with Gasteiger partial charge in [-0.05, 0) is 67.5 Å². The fraction of sp³-hybridized carbons (Fsp3) is 0.400. The molecule has 0 aromatic heterocycles. The van der Waals surface area contributed by atoms with E-state index < -0.39 is 57.6 Å². The maximum absolute atomic E-state index is 13.1. The number of hydrogen-bond acceptors (Lipinski definition) is 6. The van der Waals surface area contributed by atoms with Crippen LogP contribution in [0.5, 0.6) is 0 Å². The summed E-state index contributed by atoms with van der Waals surface area (Å²) in [6, 6.07) is 8.01. The third-order valence-electron chi connectivity index (χ3n) is 6.35. The van der Waals surface area contributed by atoms with Gasteiger partial charge in [0.2, 0.25) is 5.91 Å². The van der Waals surface area contributed by atoms with E-state index in [9.17, 15) is 36.0 Å². The number of carboxylic acid groups (broad SMARTS) is 1. The summed E-state index contributed by atoms with van der Waals surface area (Å²) >= 11 is 1.49. The summed E-state index contributed by atoms with van der Waals surface area (Å²) < 4.78 is 65.4. The van der Waals surface area contributed by atoms with Crippen molar-refractivity contribution in [1.82, 2.24) is 10.6 Å². The number of thioether (sulfide) groups is 1. The SMILES string of the molecule is CSc1ccc(S(=O)(=O)CC2CCCCC2NC(=O)CNC(=O)c2cc(C(F)(F)F)ccc2NC(=O)O)cc1. The van der Waals surface area contributed by atoms with Crippen LogP contribution in [0, 0.1) is 5.92 Å². The predicted octanol–water partition coefficient (Wildman–Crippen LogP) is 4.40. The van der Waals surface area contributed by atoms with Gasteiger partial charge in [-0.2, -0.15) is 13.2 Å². The molecule has 2 aromatic carbocycles. The molecular weight excluding hydrogens is 559 g/mol. The van der Waals surface area contributed by atoms with Gasteiger partial charge in [-0.1, -0.05) is 12.8 Å². The molecule has 0 spiro atoms. The Labute approximate surface area is 227 Å². The van der Waals surface area contributed by atoms with Crippen LogP contribution in [-0.4, -0.2) is 56.0 Å². The summed E-state index contributed by atoms with van der Waals surface area (Å²) in [5.74, 6) is -2.27. The van der Waals surface area contributed by atoms with E-state index in [0.29, 0.717) is 25.0 Å². The van der Waals surface area contributed by atoms with Crippen molar-refractivity contribution in [3.63, 3.8) is 0 Å². The molecule has 1 aliphatic carbocycles. The molecule has 1 aliphatic rings. The fourth-order valence-electron chi connectivity index (χ4n) is 4.40. The molecule has 0 aliphatic heterocycles. The van der Waals surface area contributed by atoms with Crippen LogP contribution < -0.4 is 16.0 Å². The summed E-state index contributed by atoms with van der Waals surface area (Å²) in [4.78, 5) is 37.3. The van der Waals surface area contributed by atoms with Crippen LogP contribution in [0.4, 0.5) is 23.7 Å². The Bertz CT molecular complexity index is 1320. The number of sulfone groups is 1. The van der Waals surface area contributed by atoms with E-state index in [-0.39, 0.29) is 22.3 Å². The Morgan fingerprint density at radius 1 is 1.05 bits per heavy atom. The van der Waals surface area contributed by atoms with Crippen molar-refractivity contribution < 1.29 is 41.1 Å². The maximum atomic E-state index is 13.1. The van der Waals surface area contributed by atoms with Gasteiger partial charge in [-0.25, -0.2) is 13.2 Å². The lowest BCUT2D eigenvalue weighted by Crippen LogP contribution is -2.47. The molecule has 3 amide bonds. The van der Waals surface area contributed by atoms with Gasteiger partial charge in [0.15, 0.2) is 9.84 Å². The van der Waals surface area contributed by atoms with Gasteiger partial charge in [0.1, 0.15) is 0 Å². The van der Waals surface area contributed by atoms with E-state index in [0.717, 1.165) is 23.8 Å². The Morgan fingerprint density at radius 3 is 2.33 bits per heavy atom. The monoisotopic (exact) mass is 587 g/mol. The largest absolute Gasteiger partial charge is 0.465 e. The van der Waals surface area contributed by atoms with Gasteiger partial charge in [0, 0.05) is 10.9 Å². The molecule has 0 heterocycles. The summed E-state index contributed by atoms with van der Waals surface area (Å²) in [5.41, 5.74) is -2.15. The van der Waals surface area contributed by atoms with E-state index in [4.69, 9.17) is 5.11 Å². The molecule has 0 bridgehead atoms. The average molecular weight is 588 g/mol. The maximum Gasteiger partial charge on any atom is 0.416 e. The van der Waals surface area contributed by atoms with Crippen molar-refractivity contribution in [1.29, 1.82) is 0 Å². The zero-order chi connectivity index (χ0) is 28.8. The molecule has 4 N–H and O–H groups in total. The first-order valence-corrected chi connectivity index (χ1v) is 14.8. The molecule has 14 heteroatoms. The number of carbonyl (C=O) groups is 3. The van der Waals surface area contributed by atoms with Gasteiger partial charge in [0.25, 0.3) is 5.91 Å². The first-order chi connectivity index (χ1) is 18.3. The lowest BCUT2D eigenvalue weighted by Gasteiger charge is -2.32. The lowest BCUT2D eigenvalue weighted by atomic mass is 9.86. The Hall–Kier alpha value is -3.26. The highest BCUT2D eigenvalue weighted by molar-refractivity contribution is 7.98. The van der Waals surface area contributed by atoms with Crippen molar-refractivity contribution >= 4 is 45.2 Å². The van der Waals surface area contributed by atoms with Crippen LogP contribution in [0.1, 0.15) is 41.6 Å². The first kappa shape index (κ1) is 30.3. The van der Waals surface area contributed by atoms with Crippen molar-refractivity contribution in [3.8, 4) is 0 Å². The minimum Gasteiger partial charge on any atom is -0.465 e. The highest BCUT2D eigenvalue weighted by Crippen LogP contribution is 2.32. The second kappa shape index (κ2) is 12.7. The lowest BCUT2D eigenvalue weighted by molar-refractivity contribution is -0.137. The zero-order valence-electron chi connectivity index (χ0n) is 20.9. The smallest absolute Gasteiger partial charge is 0.416 e. The summed E-state index contributed by atoms with van der Waals surface area (Å²) in [7, 11) is -3.62. The molecule has 1 fully saturated rings. The molecule has 39 heavy (non-hydrogen) atoms. The highest BCUT2D eigenvalue weighted by Gasteiger charge is 2.33. The third-order valence-corrected chi connectivity index (χ3v) is 8.95. The topological polar surface area (TPSA) is 142 Å². The van der Waals surface area contributed by atoms with Crippen molar-refractivity contribution in [2.45, 2.75) is 47.7 Å². The fourth-order valence-corrected chi connectivity index (χ4v) is 6.52. The van der Waals surface area contributed by atoms with Crippen molar-refractivity contribution in [2.24, 2.45) is 5.92 Å². The molecule has 2 unspecified atom stereocenters. The number of halogens is 3. The molecular formula is C25H28F3N3O6S2. The van der Waals surface area contributed by atoms with E-state index in [1.807, 2.05) is 11.6 Å². The minimum absolute atomic E-state index is 0.169. The van der Waals surface area contributed by atoms with Crippen LogP contribution in [-0.2, 0) is 20.8 Å². The molecule has 0 saturated heterocycles. The minimum atomic E-state index is -4.78. The number of carbonyl (C=O) groups excluding carboxylic acids is 2. The van der Waals surface area contributed by atoms with E-state index >= 15 is 0 Å². The predicted molar refractivity (Wildman–Crippen MR) is 140 cm³/mol. The Kier molecular flexibility index (Phi) is 9.88. The molecule has 9 nitrogen and oxygen atoms in total. The Balaban J connectivity index is 1.66. The Morgan fingerprint density at radius 2 is 1.72 bits per heavy atom. The molecule has 2 aromatic rings. The first-order valence-electron chi connectivity index (χ1n) is 12.0.